The molecule has 3 rings (SSSR count). The SMILES string of the molecule is COc1ccc(C=C2N=C(c3ccc([N+](=O)[O-])cc3)OC2=O)cc1Br. The number of halogens is 1. The molecule has 1 aliphatic rings. The number of carbonyl (C=O) groups excluding carboxylic acids is 1. The number of nitro benzene ring substituents is 1. The Kier molecular flexibility index (Phi) is 4.62. The Morgan fingerprint density at radius 1 is 1.24 bits per heavy atom. The van der Waals surface area contributed by atoms with Crippen molar-refractivity contribution in [3.8, 4) is 5.75 Å². The summed E-state index contributed by atoms with van der Waals surface area (Å²) in [7, 11) is 1.56. The van der Waals surface area contributed by atoms with E-state index < -0.39 is 10.9 Å². The zero-order chi connectivity index (χ0) is 18.0. The molecule has 0 saturated carbocycles. The Bertz CT molecular complexity index is 919. The Labute approximate surface area is 150 Å². The summed E-state index contributed by atoms with van der Waals surface area (Å²) in [5, 5.41) is 10.7. The molecule has 0 aliphatic carbocycles. The lowest BCUT2D eigenvalue weighted by Crippen LogP contribution is -2.05. The largest absolute Gasteiger partial charge is 0.496 e. The first-order valence-electron chi connectivity index (χ1n) is 7.09. The summed E-state index contributed by atoms with van der Waals surface area (Å²) in [6, 6.07) is 11.0. The second kappa shape index (κ2) is 6.86. The van der Waals surface area contributed by atoms with E-state index in [0.717, 1.165) is 10.0 Å². The van der Waals surface area contributed by atoms with Crippen LogP contribution >= 0.6 is 15.9 Å². The molecule has 0 N–H and O–H groups in total. The summed E-state index contributed by atoms with van der Waals surface area (Å²) in [4.78, 5) is 26.3. The molecule has 0 fully saturated rings. The van der Waals surface area contributed by atoms with Crippen molar-refractivity contribution >= 4 is 39.6 Å². The number of methoxy groups -OCH3 is 1. The Morgan fingerprint density at radius 2 is 1.96 bits per heavy atom. The fourth-order valence-corrected chi connectivity index (χ4v) is 2.75. The Hall–Kier alpha value is -3.00. The summed E-state index contributed by atoms with van der Waals surface area (Å²) in [6.45, 7) is 0. The van der Waals surface area contributed by atoms with Crippen LogP contribution in [-0.4, -0.2) is 23.9 Å². The highest BCUT2D eigenvalue weighted by Crippen LogP contribution is 2.27. The average Bonchev–Trinajstić information content (AvgIpc) is 2.96. The number of rotatable bonds is 4. The van der Waals surface area contributed by atoms with Crippen molar-refractivity contribution in [3.05, 3.63) is 73.9 Å². The van der Waals surface area contributed by atoms with E-state index in [4.69, 9.17) is 9.47 Å². The van der Waals surface area contributed by atoms with Gasteiger partial charge in [-0.05, 0) is 51.8 Å². The van der Waals surface area contributed by atoms with E-state index in [2.05, 4.69) is 20.9 Å². The third kappa shape index (κ3) is 3.58. The van der Waals surface area contributed by atoms with Gasteiger partial charge in [0.2, 0.25) is 5.90 Å². The van der Waals surface area contributed by atoms with Crippen LogP contribution < -0.4 is 4.74 Å². The van der Waals surface area contributed by atoms with Gasteiger partial charge in [0.1, 0.15) is 5.75 Å². The smallest absolute Gasteiger partial charge is 0.363 e. The van der Waals surface area contributed by atoms with Crippen LogP contribution in [0.4, 0.5) is 5.69 Å². The normalized spacial score (nSPS) is 15.0. The molecule has 0 atom stereocenters. The minimum Gasteiger partial charge on any atom is -0.496 e. The van der Waals surface area contributed by atoms with E-state index in [-0.39, 0.29) is 17.3 Å². The molecule has 0 bridgehead atoms. The van der Waals surface area contributed by atoms with Crippen molar-refractivity contribution in [3.63, 3.8) is 0 Å². The quantitative estimate of drug-likeness (QED) is 0.336. The highest BCUT2D eigenvalue weighted by Gasteiger charge is 2.24. The molecular formula is C17H11BrN2O5. The predicted octanol–water partition coefficient (Wildman–Crippen LogP) is 3.71. The lowest BCUT2D eigenvalue weighted by atomic mass is 10.2. The van der Waals surface area contributed by atoms with Crippen molar-refractivity contribution in [2.45, 2.75) is 0 Å². The number of ether oxygens (including phenoxy) is 2. The van der Waals surface area contributed by atoms with Crippen molar-refractivity contribution in [2.75, 3.05) is 7.11 Å². The van der Waals surface area contributed by atoms with Gasteiger partial charge < -0.3 is 9.47 Å². The highest BCUT2D eigenvalue weighted by atomic mass is 79.9. The van der Waals surface area contributed by atoms with Crippen LogP contribution in [0.15, 0.2) is 57.6 Å². The van der Waals surface area contributed by atoms with E-state index >= 15 is 0 Å². The van der Waals surface area contributed by atoms with Crippen molar-refractivity contribution in [1.82, 2.24) is 0 Å². The number of benzene rings is 2. The number of aliphatic imine (C=N–C) groups is 1. The standard InChI is InChI=1S/C17H11BrN2O5/c1-24-15-7-2-10(8-13(15)18)9-14-17(21)25-16(19-14)11-3-5-12(6-4-11)20(22)23/h2-9H,1H3. The number of hydrogen-bond donors (Lipinski definition) is 0. The maximum absolute atomic E-state index is 12.0. The van der Waals surface area contributed by atoms with Crippen LogP contribution in [0.3, 0.4) is 0 Å². The Morgan fingerprint density at radius 3 is 2.56 bits per heavy atom. The van der Waals surface area contributed by atoms with Gasteiger partial charge in [0.15, 0.2) is 5.70 Å². The molecule has 0 spiro atoms. The number of hydrogen-bond acceptors (Lipinski definition) is 6. The summed E-state index contributed by atoms with van der Waals surface area (Å²) in [5.74, 6) is 0.199. The molecule has 0 amide bonds. The fourth-order valence-electron chi connectivity index (χ4n) is 2.19. The van der Waals surface area contributed by atoms with Gasteiger partial charge in [0.05, 0.1) is 16.5 Å². The van der Waals surface area contributed by atoms with E-state index in [1.54, 1.807) is 31.4 Å². The molecule has 0 aromatic heterocycles. The van der Waals surface area contributed by atoms with Gasteiger partial charge in [-0.3, -0.25) is 10.1 Å². The zero-order valence-corrected chi connectivity index (χ0v) is 14.5. The van der Waals surface area contributed by atoms with Crippen LogP contribution in [0.1, 0.15) is 11.1 Å². The number of nitrogens with zero attached hydrogens (tertiary/aromatic N) is 2. The van der Waals surface area contributed by atoms with Crippen LogP contribution in [0, 0.1) is 10.1 Å². The molecule has 1 aliphatic heterocycles. The topological polar surface area (TPSA) is 91.0 Å². The van der Waals surface area contributed by atoms with Crippen LogP contribution in [-0.2, 0) is 9.53 Å². The first kappa shape index (κ1) is 16.8. The van der Waals surface area contributed by atoms with Gasteiger partial charge in [0.25, 0.3) is 5.69 Å². The lowest BCUT2D eigenvalue weighted by molar-refractivity contribution is -0.384. The Balaban J connectivity index is 1.89. The number of nitro groups is 1. The monoisotopic (exact) mass is 402 g/mol. The van der Waals surface area contributed by atoms with Crippen LogP contribution in [0.5, 0.6) is 5.75 Å². The van der Waals surface area contributed by atoms with Crippen molar-refractivity contribution in [2.24, 2.45) is 4.99 Å². The molecule has 25 heavy (non-hydrogen) atoms. The van der Waals surface area contributed by atoms with Crippen molar-refractivity contribution in [1.29, 1.82) is 0 Å². The summed E-state index contributed by atoms with van der Waals surface area (Å²) in [5.41, 5.74) is 1.32. The van der Waals surface area contributed by atoms with E-state index in [1.807, 2.05) is 0 Å². The van der Waals surface area contributed by atoms with Gasteiger partial charge in [-0.25, -0.2) is 9.79 Å². The molecule has 2 aromatic rings. The van der Waals surface area contributed by atoms with Gasteiger partial charge >= 0.3 is 5.97 Å². The molecule has 0 radical (unpaired) electrons. The average molecular weight is 403 g/mol. The van der Waals surface area contributed by atoms with Gasteiger partial charge in [-0.1, -0.05) is 6.07 Å². The third-order valence-electron chi connectivity index (χ3n) is 3.42. The number of non-ortho nitro benzene ring substituents is 1. The molecular weight excluding hydrogens is 392 g/mol. The van der Waals surface area contributed by atoms with Gasteiger partial charge in [0, 0.05) is 17.7 Å². The molecule has 1 heterocycles. The highest BCUT2D eigenvalue weighted by molar-refractivity contribution is 9.10. The maximum Gasteiger partial charge on any atom is 0.363 e. The molecule has 7 nitrogen and oxygen atoms in total. The zero-order valence-electron chi connectivity index (χ0n) is 12.9. The molecule has 126 valence electrons. The third-order valence-corrected chi connectivity index (χ3v) is 4.04. The van der Waals surface area contributed by atoms with E-state index in [1.165, 1.54) is 24.3 Å². The van der Waals surface area contributed by atoms with Crippen molar-refractivity contribution < 1.29 is 19.2 Å². The summed E-state index contributed by atoms with van der Waals surface area (Å²) >= 11 is 3.38. The summed E-state index contributed by atoms with van der Waals surface area (Å²) < 4.78 is 11.0. The lowest BCUT2D eigenvalue weighted by Gasteiger charge is -2.03. The second-order valence-electron chi connectivity index (χ2n) is 5.03. The molecule has 2 aromatic carbocycles. The second-order valence-corrected chi connectivity index (χ2v) is 5.89. The first-order chi connectivity index (χ1) is 12.0. The van der Waals surface area contributed by atoms with E-state index in [9.17, 15) is 14.9 Å². The van der Waals surface area contributed by atoms with Crippen LogP contribution in [0.25, 0.3) is 6.08 Å². The predicted molar refractivity (Wildman–Crippen MR) is 94.4 cm³/mol. The summed E-state index contributed by atoms with van der Waals surface area (Å²) in [6.07, 6.45) is 1.59. The number of cyclic esters (lactones) is 1. The van der Waals surface area contributed by atoms with Gasteiger partial charge in [-0.2, -0.15) is 0 Å². The van der Waals surface area contributed by atoms with E-state index in [0.29, 0.717) is 11.3 Å². The fraction of sp³-hybridized carbons (Fsp3) is 0.0588. The first-order valence-corrected chi connectivity index (χ1v) is 7.88. The number of esters is 1. The molecule has 0 saturated heterocycles. The molecule has 0 unspecified atom stereocenters. The van der Waals surface area contributed by atoms with Crippen LogP contribution in [0.2, 0.25) is 0 Å². The van der Waals surface area contributed by atoms with Gasteiger partial charge in [-0.15, -0.1) is 0 Å². The molecule has 8 heteroatoms. The minimum absolute atomic E-state index is 0.0486. The minimum atomic E-state index is -0.583. The number of carbonyl (C=O) groups is 1. The maximum atomic E-state index is 12.0.